The summed E-state index contributed by atoms with van der Waals surface area (Å²) in [6, 6.07) is 85.9. The molecule has 12 rings (SSSR count). The number of nitrogens with zero attached hydrogens (tertiary/aromatic N) is 1. The molecule has 0 bridgehead atoms. The second-order valence-electron chi connectivity index (χ2n) is 16.0. The van der Waals surface area contributed by atoms with Gasteiger partial charge in [0.1, 0.15) is 11.2 Å². The summed E-state index contributed by atoms with van der Waals surface area (Å²) in [5, 5.41) is 4.65. The molecule has 1 heterocycles. The fourth-order valence-corrected chi connectivity index (χ4v) is 10.1. The van der Waals surface area contributed by atoms with Crippen molar-refractivity contribution in [1.82, 2.24) is 0 Å². The van der Waals surface area contributed by atoms with E-state index >= 15 is 0 Å². The average molecular weight is 778 g/mol. The van der Waals surface area contributed by atoms with Crippen LogP contribution in [0.25, 0.3) is 66.1 Å². The van der Waals surface area contributed by atoms with Gasteiger partial charge in [-0.1, -0.05) is 194 Å². The molecule has 0 amide bonds. The quantitative estimate of drug-likeness (QED) is 0.160. The van der Waals surface area contributed by atoms with Gasteiger partial charge in [-0.05, 0) is 97.7 Å². The zero-order valence-electron chi connectivity index (χ0n) is 33.4. The van der Waals surface area contributed by atoms with Crippen molar-refractivity contribution in [3.05, 3.63) is 259 Å². The molecular formula is C59H39NO. The summed E-state index contributed by atoms with van der Waals surface area (Å²) in [6.07, 6.45) is 0. The molecule has 1 aliphatic rings. The Balaban J connectivity index is 1.04. The first-order valence-corrected chi connectivity index (χ1v) is 21.0. The number of fused-ring (bicyclic) bond motifs is 7. The third kappa shape index (κ3) is 5.43. The van der Waals surface area contributed by atoms with E-state index in [1.54, 1.807) is 0 Å². The monoisotopic (exact) mass is 777 g/mol. The number of hydrogen-bond donors (Lipinski definition) is 0. The molecule has 0 aliphatic heterocycles. The lowest BCUT2D eigenvalue weighted by molar-refractivity contribution is 0.670. The van der Waals surface area contributed by atoms with Crippen molar-refractivity contribution in [3.8, 4) is 33.4 Å². The zero-order chi connectivity index (χ0) is 40.3. The van der Waals surface area contributed by atoms with Gasteiger partial charge in [0.2, 0.25) is 0 Å². The molecule has 11 aromatic rings. The second-order valence-corrected chi connectivity index (χ2v) is 16.0. The fraction of sp³-hybridized carbons (Fsp3) is 0.0169. The maximum Gasteiger partial charge on any atom is 0.143 e. The number of para-hydroxylation sites is 3. The average Bonchev–Trinajstić information content (AvgIpc) is 3.86. The molecule has 2 heteroatoms. The first-order valence-electron chi connectivity index (χ1n) is 21.0. The van der Waals surface area contributed by atoms with Crippen molar-refractivity contribution < 1.29 is 4.42 Å². The van der Waals surface area contributed by atoms with Crippen molar-refractivity contribution in [3.63, 3.8) is 0 Å². The van der Waals surface area contributed by atoms with E-state index in [9.17, 15) is 0 Å². The summed E-state index contributed by atoms with van der Waals surface area (Å²) < 4.78 is 6.64. The van der Waals surface area contributed by atoms with Crippen LogP contribution in [-0.2, 0) is 5.41 Å². The summed E-state index contributed by atoms with van der Waals surface area (Å²) >= 11 is 0. The Kier molecular flexibility index (Phi) is 8.11. The number of benzene rings is 10. The lowest BCUT2D eigenvalue weighted by Crippen LogP contribution is -2.28. The van der Waals surface area contributed by atoms with Gasteiger partial charge >= 0.3 is 0 Å². The van der Waals surface area contributed by atoms with Crippen molar-refractivity contribution in [2.75, 3.05) is 4.90 Å². The van der Waals surface area contributed by atoms with Crippen molar-refractivity contribution in [1.29, 1.82) is 0 Å². The summed E-state index contributed by atoms with van der Waals surface area (Å²) in [4.78, 5) is 2.39. The van der Waals surface area contributed by atoms with E-state index in [2.05, 4.69) is 235 Å². The Hall–Kier alpha value is -7.94. The predicted molar refractivity (Wildman–Crippen MR) is 254 cm³/mol. The van der Waals surface area contributed by atoms with E-state index in [1.165, 1.54) is 49.7 Å². The molecule has 0 fully saturated rings. The Morgan fingerprint density at radius 3 is 1.67 bits per heavy atom. The molecule has 0 radical (unpaired) electrons. The van der Waals surface area contributed by atoms with E-state index in [0.717, 1.165) is 55.7 Å². The maximum atomic E-state index is 6.64. The molecule has 286 valence electrons. The van der Waals surface area contributed by atoms with Gasteiger partial charge in [0.15, 0.2) is 0 Å². The van der Waals surface area contributed by atoms with Crippen LogP contribution in [0.1, 0.15) is 22.3 Å². The van der Waals surface area contributed by atoms with Crippen LogP contribution in [-0.4, -0.2) is 0 Å². The highest BCUT2D eigenvalue weighted by molar-refractivity contribution is 6.14. The molecule has 0 N–H and O–H groups in total. The van der Waals surface area contributed by atoms with Gasteiger partial charge in [-0.25, -0.2) is 0 Å². The maximum absolute atomic E-state index is 6.64. The van der Waals surface area contributed by atoms with Gasteiger partial charge in [0, 0.05) is 39.0 Å². The molecule has 1 aromatic heterocycles. The van der Waals surface area contributed by atoms with Gasteiger partial charge in [0.25, 0.3) is 0 Å². The van der Waals surface area contributed by atoms with Gasteiger partial charge in [-0.2, -0.15) is 0 Å². The minimum absolute atomic E-state index is 0.494. The van der Waals surface area contributed by atoms with Crippen LogP contribution < -0.4 is 4.90 Å². The van der Waals surface area contributed by atoms with Crippen LogP contribution in [0.15, 0.2) is 241 Å². The number of anilines is 3. The van der Waals surface area contributed by atoms with Gasteiger partial charge in [-0.3, -0.25) is 0 Å². The number of rotatable bonds is 7. The molecule has 0 spiro atoms. The molecule has 0 unspecified atom stereocenters. The van der Waals surface area contributed by atoms with Crippen molar-refractivity contribution in [2.45, 2.75) is 5.41 Å². The Labute approximate surface area is 355 Å². The summed E-state index contributed by atoms with van der Waals surface area (Å²) in [7, 11) is 0. The van der Waals surface area contributed by atoms with E-state index in [0.29, 0.717) is 0 Å². The minimum atomic E-state index is -0.494. The Bertz CT molecular complexity index is 3360. The molecule has 0 saturated heterocycles. The van der Waals surface area contributed by atoms with Crippen LogP contribution in [0.4, 0.5) is 17.1 Å². The highest BCUT2D eigenvalue weighted by Gasteiger charge is 2.46. The topological polar surface area (TPSA) is 16.4 Å². The van der Waals surface area contributed by atoms with Crippen LogP contribution >= 0.6 is 0 Å². The Morgan fingerprint density at radius 2 is 0.902 bits per heavy atom. The van der Waals surface area contributed by atoms with E-state index < -0.39 is 5.41 Å². The normalized spacial score (nSPS) is 12.7. The lowest BCUT2D eigenvalue weighted by atomic mass is 9.67. The van der Waals surface area contributed by atoms with Crippen LogP contribution in [0.5, 0.6) is 0 Å². The third-order valence-electron chi connectivity index (χ3n) is 12.8. The predicted octanol–water partition coefficient (Wildman–Crippen LogP) is 15.9. The fourth-order valence-electron chi connectivity index (χ4n) is 10.1. The standard InChI is InChI=1S/C59H39NO/c1-4-18-42(19-5-1)59(43-20-6-2-7-21-43)54-29-14-12-25-49(54)50-38-36-46(39-55(50)59)60(44-22-8-3-9-23-44)45-34-31-41(32-35-45)48-37-33-40-17-10-11-24-47(40)57(48)53-28-16-27-52-51-26-13-15-30-56(51)61-58(52)53/h1-39H. The summed E-state index contributed by atoms with van der Waals surface area (Å²) in [5.74, 6) is 0. The van der Waals surface area contributed by atoms with E-state index in [4.69, 9.17) is 4.42 Å². The number of furan rings is 1. The van der Waals surface area contributed by atoms with Crippen LogP contribution in [0.2, 0.25) is 0 Å². The first-order chi connectivity index (χ1) is 30.3. The summed E-state index contributed by atoms with van der Waals surface area (Å²) in [5.41, 5.74) is 16.8. The van der Waals surface area contributed by atoms with Gasteiger partial charge in [-0.15, -0.1) is 0 Å². The molecule has 2 nitrogen and oxygen atoms in total. The van der Waals surface area contributed by atoms with E-state index in [1.807, 2.05) is 6.07 Å². The highest BCUT2D eigenvalue weighted by atomic mass is 16.3. The van der Waals surface area contributed by atoms with E-state index in [-0.39, 0.29) is 0 Å². The second kappa shape index (κ2) is 14.1. The SMILES string of the molecule is c1ccc(N(c2ccc(-c3ccc4ccccc4c3-c3cccc4c3oc3ccccc34)cc2)c2ccc3c(c2)C(c2ccccc2)(c2ccccc2)c2ccccc2-3)cc1. The molecule has 1 aliphatic carbocycles. The smallest absolute Gasteiger partial charge is 0.143 e. The molecule has 61 heavy (non-hydrogen) atoms. The number of hydrogen-bond acceptors (Lipinski definition) is 2. The van der Waals surface area contributed by atoms with Crippen molar-refractivity contribution in [2.24, 2.45) is 0 Å². The van der Waals surface area contributed by atoms with Crippen LogP contribution in [0, 0.1) is 0 Å². The zero-order valence-corrected chi connectivity index (χ0v) is 33.4. The minimum Gasteiger partial charge on any atom is -0.455 e. The summed E-state index contributed by atoms with van der Waals surface area (Å²) in [6.45, 7) is 0. The van der Waals surface area contributed by atoms with Gasteiger partial charge < -0.3 is 9.32 Å². The highest BCUT2D eigenvalue weighted by Crippen LogP contribution is 2.57. The molecule has 0 atom stereocenters. The first kappa shape index (κ1) is 35.0. The Morgan fingerprint density at radius 1 is 0.344 bits per heavy atom. The molecular weight excluding hydrogens is 739 g/mol. The largest absolute Gasteiger partial charge is 0.455 e. The molecule has 10 aromatic carbocycles. The lowest BCUT2D eigenvalue weighted by Gasteiger charge is -2.35. The van der Waals surface area contributed by atoms with Gasteiger partial charge in [0.05, 0.1) is 5.41 Å². The van der Waals surface area contributed by atoms with Crippen LogP contribution in [0.3, 0.4) is 0 Å². The molecule has 0 saturated carbocycles. The van der Waals surface area contributed by atoms with Crippen molar-refractivity contribution >= 4 is 49.8 Å². The third-order valence-corrected chi connectivity index (χ3v) is 12.8.